The Bertz CT molecular complexity index is 382. The lowest BCUT2D eigenvalue weighted by atomic mass is 10.3. The van der Waals surface area contributed by atoms with E-state index in [1.807, 2.05) is 31.3 Å². The average molecular weight is 251 g/mol. The lowest BCUT2D eigenvalue weighted by Gasteiger charge is -2.18. The van der Waals surface area contributed by atoms with Gasteiger partial charge >= 0.3 is 0 Å². The van der Waals surface area contributed by atoms with Crippen LogP contribution in [0, 0.1) is 0 Å². The molecule has 18 heavy (non-hydrogen) atoms. The highest BCUT2D eigenvalue weighted by Gasteiger charge is 2.08. The Morgan fingerprint density at radius 1 is 1.39 bits per heavy atom. The van der Waals surface area contributed by atoms with Crippen LogP contribution in [-0.2, 0) is 4.79 Å². The van der Waals surface area contributed by atoms with E-state index in [9.17, 15) is 4.79 Å². The molecule has 0 aromatic heterocycles. The Labute approximate surface area is 108 Å². The van der Waals surface area contributed by atoms with Crippen molar-refractivity contribution in [3.05, 3.63) is 24.3 Å². The average Bonchev–Trinajstić information content (AvgIpc) is 2.42. The first-order valence-corrected chi connectivity index (χ1v) is 5.94. The van der Waals surface area contributed by atoms with Crippen molar-refractivity contribution in [3.63, 3.8) is 0 Å². The molecule has 1 aromatic rings. The van der Waals surface area contributed by atoms with Gasteiger partial charge in [-0.05, 0) is 19.2 Å². The molecule has 0 fully saturated rings. The summed E-state index contributed by atoms with van der Waals surface area (Å²) in [7, 11) is 5.27. The van der Waals surface area contributed by atoms with Crippen LogP contribution < -0.4 is 15.4 Å². The largest absolute Gasteiger partial charge is 0.495 e. The molecule has 0 aliphatic rings. The molecule has 0 bridgehead atoms. The fourth-order valence-corrected chi connectivity index (χ4v) is 1.50. The molecule has 0 unspecified atom stereocenters. The summed E-state index contributed by atoms with van der Waals surface area (Å²) in [6.45, 7) is 1.75. The molecular weight excluding hydrogens is 230 g/mol. The number of benzene rings is 1. The molecule has 1 amide bonds. The first-order valence-electron chi connectivity index (χ1n) is 5.94. The van der Waals surface area contributed by atoms with Crippen LogP contribution in [0.15, 0.2) is 24.3 Å². The van der Waals surface area contributed by atoms with Gasteiger partial charge in [0.15, 0.2) is 0 Å². The number of nitrogens with zero attached hydrogens (tertiary/aromatic N) is 1. The Hall–Kier alpha value is -1.75. The second kappa shape index (κ2) is 7.55. The minimum absolute atomic E-state index is 0.0520. The Kier molecular flexibility index (Phi) is 6.00. The lowest BCUT2D eigenvalue weighted by Crippen LogP contribution is -2.36. The number of anilines is 1. The van der Waals surface area contributed by atoms with Crippen molar-refractivity contribution in [2.45, 2.75) is 0 Å². The third kappa shape index (κ3) is 4.25. The first kappa shape index (κ1) is 14.3. The number of ether oxygens (including phenoxy) is 1. The molecule has 5 heteroatoms. The summed E-state index contributed by atoms with van der Waals surface area (Å²) in [5, 5.41) is 6.10. The van der Waals surface area contributed by atoms with Crippen LogP contribution in [0.5, 0.6) is 5.75 Å². The van der Waals surface area contributed by atoms with Crippen molar-refractivity contribution in [2.24, 2.45) is 0 Å². The van der Waals surface area contributed by atoms with E-state index in [1.54, 1.807) is 19.1 Å². The minimum Gasteiger partial charge on any atom is -0.495 e. The Balaban J connectivity index is 2.46. The quantitative estimate of drug-likeness (QED) is 0.752. The van der Waals surface area contributed by atoms with Gasteiger partial charge in [0.2, 0.25) is 5.91 Å². The smallest absolute Gasteiger partial charge is 0.241 e. The number of nitrogens with one attached hydrogen (secondary N) is 2. The molecule has 100 valence electrons. The number of hydrogen-bond donors (Lipinski definition) is 2. The van der Waals surface area contributed by atoms with Crippen LogP contribution in [0.3, 0.4) is 0 Å². The summed E-state index contributed by atoms with van der Waals surface area (Å²) < 4.78 is 5.21. The predicted molar refractivity (Wildman–Crippen MR) is 73.0 cm³/mol. The van der Waals surface area contributed by atoms with Crippen molar-refractivity contribution in [2.75, 3.05) is 46.2 Å². The predicted octanol–water partition coefficient (Wildman–Crippen LogP) is 0.785. The maximum atomic E-state index is 11.8. The van der Waals surface area contributed by atoms with E-state index in [2.05, 4.69) is 10.6 Å². The normalized spacial score (nSPS) is 9.94. The topological polar surface area (TPSA) is 53.6 Å². The van der Waals surface area contributed by atoms with Crippen molar-refractivity contribution in [1.29, 1.82) is 0 Å². The molecule has 0 atom stereocenters. The Morgan fingerprint density at radius 2 is 2.11 bits per heavy atom. The summed E-state index contributed by atoms with van der Waals surface area (Å²) in [6, 6.07) is 7.54. The van der Waals surface area contributed by atoms with E-state index < -0.39 is 0 Å². The van der Waals surface area contributed by atoms with E-state index in [0.29, 0.717) is 6.54 Å². The molecular formula is C13H21N3O2. The number of carbonyl (C=O) groups excluding carboxylic acids is 1. The highest BCUT2D eigenvalue weighted by atomic mass is 16.5. The van der Waals surface area contributed by atoms with Crippen LogP contribution in [0.4, 0.5) is 5.69 Å². The molecule has 0 saturated heterocycles. The molecule has 0 heterocycles. The number of methoxy groups -OCH3 is 1. The van der Waals surface area contributed by atoms with Gasteiger partial charge in [-0.2, -0.15) is 0 Å². The van der Waals surface area contributed by atoms with E-state index in [1.165, 1.54) is 0 Å². The van der Waals surface area contributed by atoms with Gasteiger partial charge < -0.3 is 20.3 Å². The van der Waals surface area contributed by atoms with E-state index >= 15 is 0 Å². The molecule has 2 N–H and O–H groups in total. The number of likely N-dealkylation sites (N-methyl/N-ethyl adjacent to an activating group) is 2. The molecule has 5 nitrogen and oxygen atoms in total. The van der Waals surface area contributed by atoms with Gasteiger partial charge in [-0.25, -0.2) is 0 Å². The highest BCUT2D eigenvalue weighted by Crippen LogP contribution is 2.22. The second-order valence-electron chi connectivity index (χ2n) is 3.97. The third-order valence-corrected chi connectivity index (χ3v) is 2.66. The zero-order chi connectivity index (χ0) is 13.4. The molecule has 0 aliphatic heterocycles. The molecule has 0 saturated carbocycles. The summed E-state index contributed by atoms with van der Waals surface area (Å²) in [4.78, 5) is 13.5. The van der Waals surface area contributed by atoms with Crippen LogP contribution in [0.1, 0.15) is 0 Å². The van der Waals surface area contributed by atoms with Gasteiger partial charge in [0.25, 0.3) is 0 Å². The molecule has 1 aromatic carbocycles. The second-order valence-corrected chi connectivity index (χ2v) is 3.97. The Morgan fingerprint density at radius 3 is 2.78 bits per heavy atom. The van der Waals surface area contributed by atoms with Crippen molar-refractivity contribution >= 4 is 11.6 Å². The van der Waals surface area contributed by atoms with Crippen LogP contribution in [0.25, 0.3) is 0 Å². The number of carbonyl (C=O) groups is 1. The van der Waals surface area contributed by atoms with E-state index in [4.69, 9.17) is 4.74 Å². The zero-order valence-electron chi connectivity index (χ0n) is 11.2. The first-order chi connectivity index (χ1) is 8.69. The number of para-hydroxylation sites is 2. The fourth-order valence-electron chi connectivity index (χ4n) is 1.50. The number of rotatable bonds is 7. The number of hydrogen-bond acceptors (Lipinski definition) is 4. The van der Waals surface area contributed by atoms with Crippen molar-refractivity contribution in [1.82, 2.24) is 10.2 Å². The van der Waals surface area contributed by atoms with Crippen molar-refractivity contribution < 1.29 is 9.53 Å². The van der Waals surface area contributed by atoms with E-state index in [0.717, 1.165) is 18.0 Å². The van der Waals surface area contributed by atoms with E-state index in [-0.39, 0.29) is 12.5 Å². The number of amides is 1. The molecule has 0 radical (unpaired) electrons. The molecule has 0 aliphatic carbocycles. The van der Waals surface area contributed by atoms with Gasteiger partial charge in [-0.3, -0.25) is 4.79 Å². The minimum atomic E-state index is 0.0520. The molecule has 0 spiro atoms. The van der Waals surface area contributed by atoms with Gasteiger partial charge in [0, 0.05) is 20.1 Å². The lowest BCUT2D eigenvalue weighted by molar-refractivity contribution is -0.127. The summed E-state index contributed by atoms with van der Waals surface area (Å²) in [5.41, 5.74) is 0.829. The van der Waals surface area contributed by atoms with Gasteiger partial charge in [0.05, 0.1) is 19.3 Å². The monoisotopic (exact) mass is 251 g/mol. The standard InChI is InChI=1S/C13H21N3O2/c1-14-8-9-16(2)13(17)10-15-11-6-4-5-7-12(11)18-3/h4-7,14-15H,8-10H2,1-3H3. The summed E-state index contributed by atoms with van der Waals surface area (Å²) in [6.07, 6.45) is 0. The summed E-state index contributed by atoms with van der Waals surface area (Å²) >= 11 is 0. The molecule has 1 rings (SSSR count). The van der Waals surface area contributed by atoms with Crippen molar-refractivity contribution in [3.8, 4) is 5.75 Å². The van der Waals surface area contributed by atoms with Crippen LogP contribution >= 0.6 is 0 Å². The van der Waals surface area contributed by atoms with Crippen LogP contribution in [0.2, 0.25) is 0 Å². The fraction of sp³-hybridized carbons (Fsp3) is 0.462. The highest BCUT2D eigenvalue weighted by molar-refractivity contribution is 5.81. The van der Waals surface area contributed by atoms with Gasteiger partial charge in [0.1, 0.15) is 5.75 Å². The maximum absolute atomic E-state index is 11.8. The zero-order valence-corrected chi connectivity index (χ0v) is 11.2. The maximum Gasteiger partial charge on any atom is 0.241 e. The summed E-state index contributed by atoms with van der Waals surface area (Å²) in [5.74, 6) is 0.791. The third-order valence-electron chi connectivity index (χ3n) is 2.66. The van der Waals surface area contributed by atoms with Gasteiger partial charge in [-0.1, -0.05) is 12.1 Å². The van der Waals surface area contributed by atoms with Gasteiger partial charge in [-0.15, -0.1) is 0 Å². The SMILES string of the molecule is CNCCN(C)C(=O)CNc1ccccc1OC. The van der Waals surface area contributed by atoms with Crippen LogP contribution in [-0.4, -0.2) is 51.6 Å².